The third-order valence-electron chi connectivity index (χ3n) is 2.68. The fourth-order valence-corrected chi connectivity index (χ4v) is 1.80. The van der Waals surface area contributed by atoms with Gasteiger partial charge in [0, 0.05) is 31.1 Å². The van der Waals surface area contributed by atoms with Crippen molar-refractivity contribution in [2.45, 2.75) is 33.2 Å². The van der Waals surface area contributed by atoms with Crippen molar-refractivity contribution in [2.75, 3.05) is 7.05 Å². The molecule has 1 N–H and O–H groups in total. The van der Waals surface area contributed by atoms with Crippen molar-refractivity contribution in [3.05, 3.63) is 29.7 Å². The molecular formula is C12H18N6. The maximum absolute atomic E-state index is 4.50. The average molecular weight is 246 g/mol. The Morgan fingerprint density at radius 2 is 2.11 bits per heavy atom. The topological polar surface area (TPSA) is 68.5 Å². The number of hydrogen-bond acceptors (Lipinski definition) is 5. The highest BCUT2D eigenvalue weighted by Gasteiger charge is 2.13. The first kappa shape index (κ1) is 12.6. The van der Waals surface area contributed by atoms with Gasteiger partial charge in [0.25, 0.3) is 0 Å². The molecule has 2 aromatic rings. The molecule has 2 rings (SSSR count). The molecule has 0 bridgehead atoms. The second kappa shape index (κ2) is 5.68. The van der Waals surface area contributed by atoms with Gasteiger partial charge in [-0.3, -0.25) is 0 Å². The Morgan fingerprint density at radius 3 is 2.78 bits per heavy atom. The van der Waals surface area contributed by atoms with Gasteiger partial charge in [-0.1, -0.05) is 13.8 Å². The number of rotatable bonds is 5. The van der Waals surface area contributed by atoms with E-state index < -0.39 is 0 Å². The van der Waals surface area contributed by atoms with Gasteiger partial charge in [0.2, 0.25) is 0 Å². The second-order valence-electron chi connectivity index (χ2n) is 3.97. The lowest BCUT2D eigenvalue weighted by Gasteiger charge is -2.08. The first-order valence-corrected chi connectivity index (χ1v) is 6.18. The minimum atomic E-state index is 0.709. The Labute approximate surface area is 106 Å². The number of nitrogens with zero attached hydrogens (tertiary/aromatic N) is 5. The van der Waals surface area contributed by atoms with Crippen LogP contribution in [0.15, 0.2) is 12.5 Å². The van der Waals surface area contributed by atoms with Crippen LogP contribution in [-0.2, 0) is 19.4 Å². The van der Waals surface area contributed by atoms with E-state index >= 15 is 0 Å². The first-order chi connectivity index (χ1) is 8.80. The molecule has 6 nitrogen and oxygen atoms in total. The predicted octanol–water partition coefficient (Wildman–Crippen LogP) is 0.901. The largest absolute Gasteiger partial charge is 0.315 e. The van der Waals surface area contributed by atoms with Crippen molar-refractivity contribution in [3.8, 4) is 5.82 Å². The monoisotopic (exact) mass is 246 g/mol. The van der Waals surface area contributed by atoms with E-state index in [4.69, 9.17) is 0 Å². The van der Waals surface area contributed by atoms with Crippen LogP contribution >= 0.6 is 0 Å². The van der Waals surface area contributed by atoms with E-state index in [9.17, 15) is 0 Å². The molecular weight excluding hydrogens is 228 g/mol. The number of nitrogens with one attached hydrogen (secondary N) is 1. The van der Waals surface area contributed by atoms with Crippen molar-refractivity contribution >= 4 is 0 Å². The van der Waals surface area contributed by atoms with Crippen LogP contribution in [0.1, 0.15) is 31.1 Å². The molecule has 0 radical (unpaired) electrons. The summed E-state index contributed by atoms with van der Waals surface area (Å²) in [6.07, 6.45) is 5.01. The summed E-state index contributed by atoms with van der Waals surface area (Å²) in [5.41, 5.74) is 1.02. The minimum absolute atomic E-state index is 0.709. The van der Waals surface area contributed by atoms with E-state index in [1.165, 1.54) is 0 Å². The van der Waals surface area contributed by atoms with Gasteiger partial charge < -0.3 is 5.32 Å². The standard InChI is InChI=1S/C12H18N6/c1-4-10-16-11(5-2)18(17-10)12-9(6-13-3)7-14-8-15-12/h7-8,13H,4-6H2,1-3H3. The van der Waals surface area contributed by atoms with E-state index in [-0.39, 0.29) is 0 Å². The van der Waals surface area contributed by atoms with Gasteiger partial charge in [-0.25, -0.2) is 15.0 Å². The molecule has 0 spiro atoms. The molecule has 0 saturated carbocycles. The molecule has 6 heteroatoms. The van der Waals surface area contributed by atoms with Crippen molar-refractivity contribution in [1.82, 2.24) is 30.0 Å². The summed E-state index contributed by atoms with van der Waals surface area (Å²) in [5.74, 6) is 2.59. The van der Waals surface area contributed by atoms with Gasteiger partial charge in [-0.15, -0.1) is 5.10 Å². The molecule has 2 aromatic heterocycles. The summed E-state index contributed by atoms with van der Waals surface area (Å²) in [6.45, 7) is 4.83. The zero-order chi connectivity index (χ0) is 13.0. The van der Waals surface area contributed by atoms with Gasteiger partial charge in [-0.05, 0) is 7.05 Å². The van der Waals surface area contributed by atoms with Crippen LogP contribution < -0.4 is 5.32 Å². The summed E-state index contributed by atoms with van der Waals surface area (Å²) in [7, 11) is 1.90. The van der Waals surface area contributed by atoms with Crippen molar-refractivity contribution < 1.29 is 0 Å². The van der Waals surface area contributed by atoms with Crippen LogP contribution in [0.4, 0.5) is 0 Å². The summed E-state index contributed by atoms with van der Waals surface area (Å²) >= 11 is 0. The molecule has 0 unspecified atom stereocenters. The van der Waals surface area contributed by atoms with Gasteiger partial charge in [0.1, 0.15) is 12.2 Å². The average Bonchev–Trinajstić information content (AvgIpc) is 2.83. The Morgan fingerprint density at radius 1 is 1.28 bits per heavy atom. The highest BCUT2D eigenvalue weighted by Crippen LogP contribution is 2.12. The predicted molar refractivity (Wildman–Crippen MR) is 68.5 cm³/mol. The molecule has 0 aliphatic carbocycles. The van der Waals surface area contributed by atoms with Crippen LogP contribution in [-0.4, -0.2) is 31.8 Å². The fourth-order valence-electron chi connectivity index (χ4n) is 1.80. The van der Waals surface area contributed by atoms with Gasteiger partial charge in [0.15, 0.2) is 11.6 Å². The minimum Gasteiger partial charge on any atom is -0.315 e. The highest BCUT2D eigenvalue weighted by atomic mass is 15.4. The van der Waals surface area contributed by atoms with Gasteiger partial charge >= 0.3 is 0 Å². The molecule has 96 valence electrons. The highest BCUT2D eigenvalue weighted by molar-refractivity contribution is 5.31. The smallest absolute Gasteiger partial charge is 0.163 e. The summed E-state index contributed by atoms with van der Waals surface area (Å²) in [4.78, 5) is 12.9. The Hall–Kier alpha value is -1.82. The zero-order valence-electron chi connectivity index (χ0n) is 11.0. The quantitative estimate of drug-likeness (QED) is 0.849. The van der Waals surface area contributed by atoms with Crippen LogP contribution in [0.2, 0.25) is 0 Å². The molecule has 2 heterocycles. The zero-order valence-corrected chi connectivity index (χ0v) is 11.0. The molecule has 0 fully saturated rings. The molecule has 0 saturated heterocycles. The summed E-state index contributed by atoms with van der Waals surface area (Å²) in [6, 6.07) is 0. The van der Waals surface area contributed by atoms with E-state index in [1.807, 2.05) is 24.9 Å². The summed E-state index contributed by atoms with van der Waals surface area (Å²) in [5, 5.41) is 7.61. The Balaban J connectivity index is 2.50. The molecule has 18 heavy (non-hydrogen) atoms. The molecule has 0 aliphatic rings. The molecule has 0 amide bonds. The van der Waals surface area contributed by atoms with Gasteiger partial charge in [-0.2, -0.15) is 4.68 Å². The van der Waals surface area contributed by atoms with Crippen molar-refractivity contribution in [2.24, 2.45) is 0 Å². The second-order valence-corrected chi connectivity index (χ2v) is 3.97. The maximum atomic E-state index is 4.50. The Bertz CT molecular complexity index is 519. The lowest BCUT2D eigenvalue weighted by atomic mass is 10.3. The fraction of sp³-hybridized carbons (Fsp3) is 0.500. The normalized spacial score (nSPS) is 10.8. The molecule has 0 atom stereocenters. The third-order valence-corrected chi connectivity index (χ3v) is 2.68. The molecule has 0 aromatic carbocycles. The van der Waals surface area contributed by atoms with E-state index in [0.29, 0.717) is 6.54 Å². The van der Waals surface area contributed by atoms with Crippen molar-refractivity contribution in [3.63, 3.8) is 0 Å². The van der Waals surface area contributed by atoms with Crippen LogP contribution in [0.25, 0.3) is 5.82 Å². The van der Waals surface area contributed by atoms with Crippen LogP contribution in [0, 0.1) is 0 Å². The lowest BCUT2D eigenvalue weighted by Crippen LogP contribution is -2.13. The number of hydrogen-bond donors (Lipinski definition) is 1. The van der Waals surface area contributed by atoms with Gasteiger partial charge in [0.05, 0.1) is 0 Å². The van der Waals surface area contributed by atoms with E-state index in [2.05, 4.69) is 32.3 Å². The third kappa shape index (κ3) is 2.38. The molecule has 0 aliphatic heterocycles. The number of aryl methyl sites for hydroxylation is 2. The SMILES string of the molecule is CCc1nc(CC)n(-c2ncncc2CNC)n1. The lowest BCUT2D eigenvalue weighted by molar-refractivity contribution is 0.728. The van der Waals surface area contributed by atoms with Crippen molar-refractivity contribution in [1.29, 1.82) is 0 Å². The van der Waals surface area contributed by atoms with E-state index in [1.54, 1.807) is 6.33 Å². The summed E-state index contributed by atoms with van der Waals surface area (Å²) < 4.78 is 1.83. The Kier molecular flexibility index (Phi) is 3.99. The maximum Gasteiger partial charge on any atom is 0.163 e. The van der Waals surface area contributed by atoms with Crippen LogP contribution in [0.3, 0.4) is 0 Å². The van der Waals surface area contributed by atoms with E-state index in [0.717, 1.165) is 35.9 Å². The van der Waals surface area contributed by atoms with Crippen LogP contribution in [0.5, 0.6) is 0 Å². The first-order valence-electron chi connectivity index (χ1n) is 6.18. The number of aromatic nitrogens is 5.